The lowest BCUT2D eigenvalue weighted by Gasteiger charge is -2.32. The molecule has 1 heterocycles. The van der Waals surface area contributed by atoms with E-state index in [0.29, 0.717) is 6.61 Å². The topological polar surface area (TPSA) is 49.8 Å². The smallest absolute Gasteiger partial charge is 0.325 e. The SMILES string of the molecule is COCc1cccc(C(C(=O)O)N2CCSCC2)c1. The van der Waals surface area contributed by atoms with Crippen LogP contribution in [0.5, 0.6) is 0 Å². The van der Waals surface area contributed by atoms with E-state index in [4.69, 9.17) is 4.74 Å². The molecule has 0 spiro atoms. The van der Waals surface area contributed by atoms with Crippen LogP contribution in [0.25, 0.3) is 0 Å². The van der Waals surface area contributed by atoms with Gasteiger partial charge in [0.05, 0.1) is 6.61 Å². The predicted molar refractivity (Wildman–Crippen MR) is 76.4 cm³/mol. The summed E-state index contributed by atoms with van der Waals surface area (Å²) in [6.45, 7) is 2.17. The minimum absolute atomic E-state index is 0.510. The first-order valence-electron chi connectivity index (χ1n) is 6.34. The summed E-state index contributed by atoms with van der Waals surface area (Å²) in [5, 5.41) is 9.52. The summed E-state index contributed by atoms with van der Waals surface area (Å²) in [5.41, 5.74) is 1.85. The molecule has 1 aromatic carbocycles. The number of carboxylic acid groups (broad SMARTS) is 1. The molecule has 0 bridgehead atoms. The van der Waals surface area contributed by atoms with Gasteiger partial charge in [0, 0.05) is 31.7 Å². The van der Waals surface area contributed by atoms with Crippen LogP contribution >= 0.6 is 11.8 Å². The number of methoxy groups -OCH3 is 1. The lowest BCUT2D eigenvalue weighted by atomic mass is 10.0. The fraction of sp³-hybridized carbons (Fsp3) is 0.500. The van der Waals surface area contributed by atoms with Gasteiger partial charge in [0.2, 0.25) is 0 Å². The molecule has 0 saturated carbocycles. The number of hydrogen-bond acceptors (Lipinski definition) is 4. The second kappa shape index (κ2) is 6.93. The van der Waals surface area contributed by atoms with Crippen molar-refractivity contribution in [1.29, 1.82) is 0 Å². The maximum atomic E-state index is 11.6. The standard InChI is InChI=1S/C14H19NO3S/c1-18-10-11-3-2-4-12(9-11)13(14(16)17)15-5-7-19-8-6-15/h2-4,9,13H,5-8,10H2,1H3,(H,16,17). The Morgan fingerprint density at radius 2 is 2.21 bits per heavy atom. The highest BCUT2D eigenvalue weighted by Gasteiger charge is 2.28. The van der Waals surface area contributed by atoms with Crippen LogP contribution in [0.2, 0.25) is 0 Å². The first-order valence-corrected chi connectivity index (χ1v) is 7.50. The Balaban J connectivity index is 2.22. The number of rotatable bonds is 5. The van der Waals surface area contributed by atoms with Crippen LogP contribution in [0.3, 0.4) is 0 Å². The zero-order valence-electron chi connectivity index (χ0n) is 11.0. The molecule has 1 fully saturated rings. The number of aliphatic carboxylic acids is 1. The van der Waals surface area contributed by atoms with Crippen molar-refractivity contribution in [2.24, 2.45) is 0 Å². The molecule has 4 nitrogen and oxygen atoms in total. The second-order valence-electron chi connectivity index (χ2n) is 4.57. The number of carbonyl (C=O) groups is 1. The number of carboxylic acids is 1. The lowest BCUT2D eigenvalue weighted by molar-refractivity contribution is -0.143. The Hall–Kier alpha value is -1.04. The minimum Gasteiger partial charge on any atom is -0.480 e. The molecule has 1 N–H and O–H groups in total. The van der Waals surface area contributed by atoms with Crippen molar-refractivity contribution in [3.8, 4) is 0 Å². The first kappa shape index (κ1) is 14.4. The molecule has 1 atom stereocenters. The Kier molecular flexibility index (Phi) is 5.24. The van der Waals surface area contributed by atoms with Crippen molar-refractivity contribution in [1.82, 2.24) is 4.90 Å². The molecule has 104 valence electrons. The van der Waals surface area contributed by atoms with Crippen LogP contribution in [0.4, 0.5) is 0 Å². The molecule has 0 radical (unpaired) electrons. The molecule has 1 aliphatic rings. The lowest BCUT2D eigenvalue weighted by Crippen LogP contribution is -2.39. The third kappa shape index (κ3) is 3.72. The normalized spacial score (nSPS) is 18.2. The molecule has 0 amide bonds. The maximum absolute atomic E-state index is 11.6. The van der Waals surface area contributed by atoms with Gasteiger partial charge in [-0.15, -0.1) is 0 Å². The van der Waals surface area contributed by atoms with Crippen molar-refractivity contribution in [3.63, 3.8) is 0 Å². The van der Waals surface area contributed by atoms with Crippen molar-refractivity contribution >= 4 is 17.7 Å². The summed E-state index contributed by atoms with van der Waals surface area (Å²) >= 11 is 1.88. The number of hydrogen-bond donors (Lipinski definition) is 1. The second-order valence-corrected chi connectivity index (χ2v) is 5.79. The summed E-state index contributed by atoms with van der Waals surface area (Å²) in [7, 11) is 1.64. The maximum Gasteiger partial charge on any atom is 0.325 e. The quantitative estimate of drug-likeness (QED) is 0.894. The van der Waals surface area contributed by atoms with E-state index in [1.807, 2.05) is 40.9 Å². The van der Waals surface area contributed by atoms with Gasteiger partial charge in [0.25, 0.3) is 0 Å². The number of nitrogens with zero attached hydrogens (tertiary/aromatic N) is 1. The number of ether oxygens (including phenoxy) is 1. The van der Waals surface area contributed by atoms with Gasteiger partial charge in [-0.1, -0.05) is 24.3 Å². The average molecular weight is 281 g/mol. The van der Waals surface area contributed by atoms with Crippen LogP contribution in [0.1, 0.15) is 17.2 Å². The van der Waals surface area contributed by atoms with Crippen LogP contribution in [0.15, 0.2) is 24.3 Å². The van der Waals surface area contributed by atoms with Gasteiger partial charge in [-0.2, -0.15) is 11.8 Å². The van der Waals surface area contributed by atoms with E-state index < -0.39 is 12.0 Å². The summed E-state index contributed by atoms with van der Waals surface area (Å²) in [5.74, 6) is 1.23. The highest BCUT2D eigenvalue weighted by molar-refractivity contribution is 7.99. The Morgan fingerprint density at radius 3 is 2.84 bits per heavy atom. The predicted octanol–water partition coefficient (Wildman–Crippen LogP) is 2.01. The van der Waals surface area contributed by atoms with Crippen molar-refractivity contribution < 1.29 is 14.6 Å². The fourth-order valence-corrected chi connectivity index (χ4v) is 3.30. The van der Waals surface area contributed by atoms with Crippen LogP contribution in [-0.2, 0) is 16.1 Å². The summed E-state index contributed by atoms with van der Waals surface area (Å²) in [6, 6.07) is 7.14. The van der Waals surface area contributed by atoms with Gasteiger partial charge in [-0.05, 0) is 11.1 Å². The van der Waals surface area contributed by atoms with Crippen molar-refractivity contribution in [2.75, 3.05) is 31.7 Å². The molecular weight excluding hydrogens is 262 g/mol. The van der Waals surface area contributed by atoms with Gasteiger partial charge >= 0.3 is 5.97 Å². The Morgan fingerprint density at radius 1 is 1.47 bits per heavy atom. The van der Waals surface area contributed by atoms with Gasteiger partial charge < -0.3 is 9.84 Å². The van der Waals surface area contributed by atoms with E-state index in [9.17, 15) is 9.90 Å². The number of benzene rings is 1. The molecule has 0 aromatic heterocycles. The Bertz CT molecular complexity index is 432. The Labute approximate surface area is 117 Å². The highest BCUT2D eigenvalue weighted by Crippen LogP contribution is 2.25. The molecule has 1 unspecified atom stereocenters. The van der Waals surface area contributed by atoms with Crippen LogP contribution in [0, 0.1) is 0 Å². The van der Waals surface area contributed by atoms with Crippen LogP contribution in [-0.4, -0.2) is 47.7 Å². The fourth-order valence-electron chi connectivity index (χ4n) is 2.36. The summed E-state index contributed by atoms with van der Waals surface area (Å²) in [6.07, 6.45) is 0. The third-order valence-electron chi connectivity index (χ3n) is 3.22. The summed E-state index contributed by atoms with van der Waals surface area (Å²) in [4.78, 5) is 13.6. The molecule has 0 aliphatic carbocycles. The van der Waals surface area contributed by atoms with E-state index in [0.717, 1.165) is 35.7 Å². The van der Waals surface area contributed by atoms with Crippen molar-refractivity contribution in [3.05, 3.63) is 35.4 Å². The van der Waals surface area contributed by atoms with Gasteiger partial charge in [-0.3, -0.25) is 9.69 Å². The molecule has 5 heteroatoms. The molecule has 1 aliphatic heterocycles. The molecular formula is C14H19NO3S. The minimum atomic E-state index is -0.776. The van der Waals surface area contributed by atoms with E-state index >= 15 is 0 Å². The molecule has 1 saturated heterocycles. The molecule has 19 heavy (non-hydrogen) atoms. The van der Waals surface area contributed by atoms with Gasteiger partial charge in [0.1, 0.15) is 6.04 Å². The number of thioether (sulfide) groups is 1. The average Bonchev–Trinajstić information content (AvgIpc) is 2.40. The van der Waals surface area contributed by atoms with Crippen LogP contribution < -0.4 is 0 Å². The van der Waals surface area contributed by atoms with E-state index in [1.54, 1.807) is 7.11 Å². The third-order valence-corrected chi connectivity index (χ3v) is 4.17. The monoisotopic (exact) mass is 281 g/mol. The zero-order valence-corrected chi connectivity index (χ0v) is 11.9. The van der Waals surface area contributed by atoms with Crippen molar-refractivity contribution in [2.45, 2.75) is 12.6 Å². The molecule has 1 aromatic rings. The van der Waals surface area contributed by atoms with E-state index in [1.165, 1.54) is 0 Å². The first-order chi connectivity index (χ1) is 9.22. The zero-order chi connectivity index (χ0) is 13.7. The summed E-state index contributed by atoms with van der Waals surface area (Å²) < 4.78 is 5.10. The van der Waals surface area contributed by atoms with E-state index in [2.05, 4.69) is 0 Å². The van der Waals surface area contributed by atoms with Gasteiger partial charge in [0.15, 0.2) is 0 Å². The van der Waals surface area contributed by atoms with Gasteiger partial charge in [-0.25, -0.2) is 0 Å². The van der Waals surface area contributed by atoms with E-state index in [-0.39, 0.29) is 0 Å². The highest BCUT2D eigenvalue weighted by atomic mass is 32.2. The largest absolute Gasteiger partial charge is 0.480 e. The molecule has 2 rings (SSSR count).